The van der Waals surface area contributed by atoms with Crippen LogP contribution in [0.4, 0.5) is 17.3 Å². The SMILES string of the molecule is CC1(C)CCN1C1CCN(c2ccc(-n3cnc(Nc4cnc(C#N)cn4)c3)cc2)C1. The van der Waals surface area contributed by atoms with Crippen molar-refractivity contribution in [1.29, 1.82) is 5.26 Å². The highest BCUT2D eigenvalue weighted by molar-refractivity contribution is 5.54. The second-order valence-corrected chi connectivity index (χ2v) is 8.85. The quantitative estimate of drug-likeness (QED) is 0.685. The minimum atomic E-state index is 0.286. The first-order valence-electron chi connectivity index (χ1n) is 10.7. The van der Waals surface area contributed by atoms with Crippen LogP contribution < -0.4 is 10.2 Å². The topological polar surface area (TPSA) is 85.9 Å². The van der Waals surface area contributed by atoms with Crippen molar-refractivity contribution in [2.45, 2.75) is 38.3 Å². The summed E-state index contributed by atoms with van der Waals surface area (Å²) in [5.41, 5.74) is 2.97. The van der Waals surface area contributed by atoms with E-state index in [0.717, 1.165) is 18.8 Å². The number of aromatic nitrogens is 4. The summed E-state index contributed by atoms with van der Waals surface area (Å²) in [5, 5.41) is 11.9. The molecule has 0 bridgehead atoms. The fraction of sp³-hybridized carbons (Fsp3) is 0.391. The maximum atomic E-state index is 8.81. The van der Waals surface area contributed by atoms with Gasteiger partial charge < -0.3 is 14.8 Å². The van der Waals surface area contributed by atoms with Gasteiger partial charge in [-0.1, -0.05) is 0 Å². The molecule has 0 saturated carbocycles. The highest BCUT2D eigenvalue weighted by Gasteiger charge is 2.42. The first-order chi connectivity index (χ1) is 15.0. The summed E-state index contributed by atoms with van der Waals surface area (Å²) in [4.78, 5) is 17.7. The summed E-state index contributed by atoms with van der Waals surface area (Å²) in [6.07, 6.45) is 9.18. The Balaban J connectivity index is 1.23. The standard InChI is InChI=1S/C23H26N8/c1-23(2)8-10-31(23)20-7-9-29(14-20)18-3-5-19(6-4-18)30-15-22(27-16-30)28-21-13-25-17(11-24)12-26-21/h3-6,12-13,15-16,20H,7-10,14H2,1-2H3,(H,26,28). The summed E-state index contributed by atoms with van der Waals surface area (Å²) in [6, 6.07) is 11.3. The van der Waals surface area contributed by atoms with Crippen LogP contribution in [0, 0.1) is 11.3 Å². The van der Waals surface area contributed by atoms with Crippen molar-refractivity contribution in [3.05, 3.63) is 54.9 Å². The predicted octanol–water partition coefficient (Wildman–Crippen LogP) is 3.34. The molecule has 8 heteroatoms. The molecule has 31 heavy (non-hydrogen) atoms. The minimum absolute atomic E-state index is 0.286. The lowest BCUT2D eigenvalue weighted by atomic mass is 9.86. The molecule has 2 aromatic heterocycles. The van der Waals surface area contributed by atoms with Gasteiger partial charge in [-0.25, -0.2) is 15.0 Å². The van der Waals surface area contributed by atoms with Crippen LogP contribution >= 0.6 is 0 Å². The number of benzene rings is 1. The van der Waals surface area contributed by atoms with Crippen molar-refractivity contribution in [2.24, 2.45) is 0 Å². The smallest absolute Gasteiger partial charge is 0.158 e. The summed E-state index contributed by atoms with van der Waals surface area (Å²) in [7, 11) is 0. The number of rotatable bonds is 5. The molecule has 0 amide bonds. The molecule has 2 aliphatic rings. The van der Waals surface area contributed by atoms with Gasteiger partial charge in [0.2, 0.25) is 0 Å². The van der Waals surface area contributed by atoms with E-state index in [1.165, 1.54) is 37.5 Å². The molecule has 1 atom stereocenters. The zero-order valence-corrected chi connectivity index (χ0v) is 17.9. The Morgan fingerprint density at radius 2 is 1.84 bits per heavy atom. The average Bonchev–Trinajstić information content (AvgIpc) is 3.44. The van der Waals surface area contributed by atoms with Gasteiger partial charge in [0.15, 0.2) is 5.69 Å². The molecule has 0 radical (unpaired) electrons. The van der Waals surface area contributed by atoms with Crippen LogP contribution in [-0.4, -0.2) is 55.6 Å². The lowest BCUT2D eigenvalue weighted by molar-refractivity contribution is -0.0171. The Labute approximate surface area is 182 Å². The van der Waals surface area contributed by atoms with Crippen LogP contribution in [-0.2, 0) is 0 Å². The Hall–Kier alpha value is -3.44. The maximum Gasteiger partial charge on any atom is 0.158 e. The van der Waals surface area contributed by atoms with E-state index in [-0.39, 0.29) is 5.69 Å². The molecule has 4 heterocycles. The molecular weight excluding hydrogens is 388 g/mol. The van der Waals surface area contributed by atoms with E-state index in [2.05, 4.69) is 68.2 Å². The van der Waals surface area contributed by atoms with Gasteiger partial charge >= 0.3 is 0 Å². The van der Waals surface area contributed by atoms with Crippen LogP contribution in [0.3, 0.4) is 0 Å². The van der Waals surface area contributed by atoms with Crippen LogP contribution in [0.2, 0.25) is 0 Å². The normalized spacial score (nSPS) is 20.3. The highest BCUT2D eigenvalue weighted by atomic mass is 15.3. The number of anilines is 3. The van der Waals surface area contributed by atoms with E-state index in [1.54, 1.807) is 6.33 Å². The maximum absolute atomic E-state index is 8.81. The number of nitrogens with zero attached hydrogens (tertiary/aromatic N) is 7. The predicted molar refractivity (Wildman–Crippen MR) is 120 cm³/mol. The van der Waals surface area contributed by atoms with E-state index in [1.807, 2.05) is 16.8 Å². The van der Waals surface area contributed by atoms with E-state index >= 15 is 0 Å². The van der Waals surface area contributed by atoms with Crippen LogP contribution in [0.1, 0.15) is 32.4 Å². The second kappa shape index (κ2) is 7.67. The van der Waals surface area contributed by atoms with Gasteiger partial charge in [-0.2, -0.15) is 5.26 Å². The molecule has 2 aliphatic heterocycles. The molecular formula is C23H26N8. The van der Waals surface area contributed by atoms with E-state index in [4.69, 9.17) is 5.26 Å². The minimum Gasteiger partial charge on any atom is -0.370 e. The molecule has 1 aromatic carbocycles. The van der Waals surface area contributed by atoms with Crippen molar-refractivity contribution in [3.8, 4) is 11.8 Å². The molecule has 2 saturated heterocycles. The second-order valence-electron chi connectivity index (χ2n) is 8.85. The zero-order chi connectivity index (χ0) is 21.4. The Morgan fingerprint density at radius 1 is 1.03 bits per heavy atom. The van der Waals surface area contributed by atoms with Gasteiger partial charge in [-0.3, -0.25) is 4.90 Å². The summed E-state index contributed by atoms with van der Waals surface area (Å²) in [6.45, 7) is 8.16. The first kappa shape index (κ1) is 19.5. The molecule has 158 valence electrons. The molecule has 1 N–H and O–H groups in total. The van der Waals surface area contributed by atoms with E-state index in [9.17, 15) is 0 Å². The van der Waals surface area contributed by atoms with Crippen molar-refractivity contribution >= 4 is 17.3 Å². The fourth-order valence-corrected chi connectivity index (χ4v) is 4.54. The van der Waals surface area contributed by atoms with Gasteiger partial charge in [-0.15, -0.1) is 0 Å². The monoisotopic (exact) mass is 414 g/mol. The number of likely N-dealkylation sites (tertiary alicyclic amines) is 1. The summed E-state index contributed by atoms with van der Waals surface area (Å²) in [5.74, 6) is 1.22. The van der Waals surface area contributed by atoms with Crippen molar-refractivity contribution in [2.75, 3.05) is 29.9 Å². The van der Waals surface area contributed by atoms with E-state index in [0.29, 0.717) is 23.2 Å². The third-order valence-electron chi connectivity index (χ3n) is 6.46. The van der Waals surface area contributed by atoms with Crippen LogP contribution in [0.5, 0.6) is 0 Å². The lowest BCUT2D eigenvalue weighted by Gasteiger charge is -2.51. The third kappa shape index (κ3) is 3.84. The molecule has 5 rings (SSSR count). The number of nitrogens with one attached hydrogen (secondary N) is 1. The molecule has 2 fully saturated rings. The Bertz CT molecular complexity index is 1090. The van der Waals surface area contributed by atoms with Gasteiger partial charge in [0.25, 0.3) is 0 Å². The Kier molecular flexibility index (Phi) is 4.83. The van der Waals surface area contributed by atoms with Gasteiger partial charge in [0.05, 0.1) is 18.6 Å². The molecule has 0 spiro atoms. The van der Waals surface area contributed by atoms with Gasteiger partial charge in [0.1, 0.15) is 24.0 Å². The lowest BCUT2D eigenvalue weighted by Crippen LogP contribution is -2.60. The molecule has 8 nitrogen and oxygen atoms in total. The fourth-order valence-electron chi connectivity index (χ4n) is 4.54. The zero-order valence-electron chi connectivity index (χ0n) is 17.9. The third-order valence-corrected chi connectivity index (χ3v) is 6.46. The summed E-state index contributed by atoms with van der Waals surface area (Å²) >= 11 is 0. The first-order valence-corrected chi connectivity index (χ1v) is 10.7. The number of nitriles is 1. The van der Waals surface area contributed by atoms with Crippen LogP contribution in [0.25, 0.3) is 5.69 Å². The molecule has 1 unspecified atom stereocenters. The molecule has 0 aliphatic carbocycles. The number of hydrogen-bond donors (Lipinski definition) is 1. The van der Waals surface area contributed by atoms with Crippen molar-refractivity contribution in [1.82, 2.24) is 24.4 Å². The number of imidazole rings is 1. The number of hydrogen-bond acceptors (Lipinski definition) is 7. The largest absolute Gasteiger partial charge is 0.370 e. The van der Waals surface area contributed by atoms with Crippen LogP contribution in [0.15, 0.2) is 49.2 Å². The van der Waals surface area contributed by atoms with Crippen molar-refractivity contribution < 1.29 is 0 Å². The van der Waals surface area contributed by atoms with Gasteiger partial charge in [0, 0.05) is 42.6 Å². The summed E-state index contributed by atoms with van der Waals surface area (Å²) < 4.78 is 1.97. The van der Waals surface area contributed by atoms with Gasteiger partial charge in [-0.05, 0) is 51.0 Å². The molecule has 3 aromatic rings. The highest BCUT2D eigenvalue weighted by Crippen LogP contribution is 2.35. The average molecular weight is 415 g/mol. The van der Waals surface area contributed by atoms with Crippen molar-refractivity contribution in [3.63, 3.8) is 0 Å². The Morgan fingerprint density at radius 3 is 2.48 bits per heavy atom. The van der Waals surface area contributed by atoms with E-state index < -0.39 is 0 Å².